The third-order valence-electron chi connectivity index (χ3n) is 4.00. The van der Waals surface area contributed by atoms with E-state index in [0.29, 0.717) is 23.7 Å². The lowest BCUT2D eigenvalue weighted by atomic mass is 10.0. The van der Waals surface area contributed by atoms with Crippen LogP contribution in [0.1, 0.15) is 5.56 Å². The van der Waals surface area contributed by atoms with E-state index in [0.717, 1.165) is 37.4 Å². The lowest BCUT2D eigenvalue weighted by Gasteiger charge is -2.30. The second-order valence-corrected chi connectivity index (χ2v) is 5.20. The predicted octanol–water partition coefficient (Wildman–Crippen LogP) is 0.877. The van der Waals surface area contributed by atoms with Crippen molar-refractivity contribution in [3.05, 3.63) is 29.5 Å². The summed E-state index contributed by atoms with van der Waals surface area (Å²) < 4.78 is 15.8. The molecule has 3 rings (SSSR count). The van der Waals surface area contributed by atoms with Crippen molar-refractivity contribution in [3.8, 4) is 11.5 Å². The van der Waals surface area contributed by atoms with Crippen molar-refractivity contribution in [1.29, 1.82) is 0 Å². The Kier molecular flexibility index (Phi) is 4.20. The first-order valence-electron chi connectivity index (χ1n) is 7.33. The summed E-state index contributed by atoms with van der Waals surface area (Å²) in [5.41, 5.74) is 2.38. The van der Waals surface area contributed by atoms with Crippen LogP contribution in [-0.2, 0) is 9.53 Å². The zero-order valence-electron chi connectivity index (χ0n) is 12.8. The molecule has 1 fully saturated rings. The molecule has 118 valence electrons. The lowest BCUT2D eigenvalue weighted by Crippen LogP contribution is -2.43. The summed E-state index contributed by atoms with van der Waals surface area (Å²) in [7, 11) is 3.17. The van der Waals surface area contributed by atoms with Crippen molar-refractivity contribution in [1.82, 2.24) is 10.2 Å². The second-order valence-electron chi connectivity index (χ2n) is 5.20. The molecule has 22 heavy (non-hydrogen) atoms. The number of nitrogens with one attached hydrogen (secondary N) is 1. The Morgan fingerprint density at radius 1 is 1.14 bits per heavy atom. The van der Waals surface area contributed by atoms with Gasteiger partial charge in [-0.05, 0) is 17.7 Å². The van der Waals surface area contributed by atoms with Crippen LogP contribution in [0.5, 0.6) is 11.5 Å². The Labute approximate surface area is 129 Å². The molecule has 0 spiro atoms. The third-order valence-corrected chi connectivity index (χ3v) is 4.00. The van der Waals surface area contributed by atoms with E-state index in [4.69, 9.17) is 14.2 Å². The molecule has 0 radical (unpaired) electrons. The fourth-order valence-corrected chi connectivity index (χ4v) is 2.86. The van der Waals surface area contributed by atoms with E-state index >= 15 is 0 Å². The maximum absolute atomic E-state index is 12.2. The largest absolute Gasteiger partial charge is 0.493 e. The van der Waals surface area contributed by atoms with E-state index in [1.807, 2.05) is 18.2 Å². The van der Waals surface area contributed by atoms with Gasteiger partial charge in [0.2, 0.25) is 0 Å². The molecular weight excluding hydrogens is 284 g/mol. The van der Waals surface area contributed by atoms with Crippen molar-refractivity contribution in [2.24, 2.45) is 0 Å². The van der Waals surface area contributed by atoms with E-state index in [-0.39, 0.29) is 5.97 Å². The van der Waals surface area contributed by atoms with Crippen LogP contribution < -0.4 is 14.8 Å². The van der Waals surface area contributed by atoms with Crippen molar-refractivity contribution in [2.75, 3.05) is 47.0 Å². The third kappa shape index (κ3) is 2.62. The highest BCUT2D eigenvalue weighted by atomic mass is 16.5. The molecular formula is C16H20N2O4. The van der Waals surface area contributed by atoms with Gasteiger partial charge in [0, 0.05) is 26.2 Å². The molecule has 6 heteroatoms. The van der Waals surface area contributed by atoms with Gasteiger partial charge in [0.05, 0.1) is 25.5 Å². The molecule has 0 atom stereocenters. The minimum Gasteiger partial charge on any atom is -0.493 e. The van der Waals surface area contributed by atoms with Crippen LogP contribution in [0.25, 0.3) is 5.57 Å². The average Bonchev–Trinajstić information content (AvgIpc) is 2.96. The van der Waals surface area contributed by atoms with Gasteiger partial charge in [-0.2, -0.15) is 0 Å². The smallest absolute Gasteiger partial charge is 0.341 e. The van der Waals surface area contributed by atoms with Gasteiger partial charge in [0.25, 0.3) is 0 Å². The molecule has 1 aromatic carbocycles. The van der Waals surface area contributed by atoms with Gasteiger partial charge >= 0.3 is 5.97 Å². The lowest BCUT2D eigenvalue weighted by molar-refractivity contribution is -0.134. The number of carbonyl (C=O) groups is 1. The summed E-state index contributed by atoms with van der Waals surface area (Å²) >= 11 is 0. The zero-order chi connectivity index (χ0) is 15.5. The van der Waals surface area contributed by atoms with Crippen LogP contribution in [0.4, 0.5) is 0 Å². The van der Waals surface area contributed by atoms with Gasteiger partial charge in [-0.25, -0.2) is 4.79 Å². The molecule has 1 saturated heterocycles. The molecule has 2 heterocycles. The molecule has 2 aliphatic rings. The minimum absolute atomic E-state index is 0.277. The van der Waals surface area contributed by atoms with Gasteiger partial charge < -0.3 is 24.4 Å². The standard InChI is InChI=1S/C16H20N2O4/c1-20-13-4-3-11(9-14(13)21-2)15-12(10-22-16(15)19)18-7-5-17-6-8-18/h3-4,9,17H,5-8,10H2,1-2H3. The van der Waals surface area contributed by atoms with Crippen LogP contribution >= 0.6 is 0 Å². The van der Waals surface area contributed by atoms with Gasteiger partial charge in [-0.15, -0.1) is 0 Å². The molecule has 0 bridgehead atoms. The molecule has 1 aromatic rings. The van der Waals surface area contributed by atoms with Crippen molar-refractivity contribution in [3.63, 3.8) is 0 Å². The summed E-state index contributed by atoms with van der Waals surface area (Å²) in [4.78, 5) is 14.4. The van der Waals surface area contributed by atoms with Gasteiger partial charge in [0.15, 0.2) is 11.5 Å². The topological polar surface area (TPSA) is 60.0 Å². The first-order valence-corrected chi connectivity index (χ1v) is 7.33. The molecule has 0 saturated carbocycles. The Bertz CT molecular complexity index is 606. The Morgan fingerprint density at radius 2 is 1.86 bits per heavy atom. The van der Waals surface area contributed by atoms with E-state index in [1.54, 1.807) is 14.2 Å². The fraction of sp³-hybridized carbons (Fsp3) is 0.438. The van der Waals surface area contributed by atoms with Crippen LogP contribution in [0.2, 0.25) is 0 Å². The van der Waals surface area contributed by atoms with Crippen LogP contribution in [0.15, 0.2) is 23.9 Å². The number of hydrogen-bond acceptors (Lipinski definition) is 6. The first kappa shape index (κ1) is 14.7. The highest BCUT2D eigenvalue weighted by Gasteiger charge is 2.30. The minimum atomic E-state index is -0.277. The second kappa shape index (κ2) is 6.27. The Balaban J connectivity index is 2.00. The Hall–Kier alpha value is -2.21. The number of hydrogen-bond donors (Lipinski definition) is 1. The first-order chi connectivity index (χ1) is 10.7. The number of benzene rings is 1. The van der Waals surface area contributed by atoms with E-state index in [1.165, 1.54) is 0 Å². The average molecular weight is 304 g/mol. The van der Waals surface area contributed by atoms with Crippen LogP contribution in [-0.4, -0.2) is 57.9 Å². The SMILES string of the molecule is COc1ccc(C2=C(N3CCNCC3)COC2=O)cc1OC. The maximum Gasteiger partial charge on any atom is 0.341 e. The highest BCUT2D eigenvalue weighted by molar-refractivity contribution is 6.19. The molecule has 0 amide bonds. The van der Waals surface area contributed by atoms with Crippen molar-refractivity contribution in [2.45, 2.75) is 0 Å². The van der Waals surface area contributed by atoms with Gasteiger partial charge in [0.1, 0.15) is 6.61 Å². The summed E-state index contributed by atoms with van der Waals surface area (Å²) in [5, 5.41) is 3.31. The highest BCUT2D eigenvalue weighted by Crippen LogP contribution is 2.34. The zero-order valence-corrected chi connectivity index (χ0v) is 12.8. The van der Waals surface area contributed by atoms with Crippen LogP contribution in [0, 0.1) is 0 Å². The van der Waals surface area contributed by atoms with E-state index in [2.05, 4.69) is 10.2 Å². The number of piperazine rings is 1. The van der Waals surface area contributed by atoms with Gasteiger partial charge in [-0.3, -0.25) is 0 Å². The fourth-order valence-electron chi connectivity index (χ4n) is 2.86. The van der Waals surface area contributed by atoms with Crippen molar-refractivity contribution >= 4 is 11.5 Å². The predicted molar refractivity (Wildman–Crippen MR) is 81.9 cm³/mol. The molecule has 1 N–H and O–H groups in total. The number of cyclic esters (lactones) is 1. The summed E-state index contributed by atoms with van der Waals surface area (Å²) in [6, 6.07) is 5.50. The molecule has 0 unspecified atom stereocenters. The van der Waals surface area contributed by atoms with E-state index < -0.39 is 0 Å². The Morgan fingerprint density at radius 3 is 2.55 bits per heavy atom. The van der Waals surface area contributed by atoms with E-state index in [9.17, 15) is 4.79 Å². The quantitative estimate of drug-likeness (QED) is 0.833. The number of ether oxygens (including phenoxy) is 3. The molecule has 0 aromatic heterocycles. The summed E-state index contributed by atoms with van der Waals surface area (Å²) in [5.74, 6) is 0.967. The summed E-state index contributed by atoms with van der Waals surface area (Å²) in [6.45, 7) is 3.92. The molecule has 0 aliphatic carbocycles. The molecule has 2 aliphatic heterocycles. The molecule has 6 nitrogen and oxygen atoms in total. The number of carbonyl (C=O) groups excluding carboxylic acids is 1. The summed E-state index contributed by atoms with van der Waals surface area (Å²) in [6.07, 6.45) is 0. The number of nitrogens with zero attached hydrogens (tertiary/aromatic N) is 1. The monoisotopic (exact) mass is 304 g/mol. The maximum atomic E-state index is 12.2. The van der Waals surface area contributed by atoms with Crippen LogP contribution in [0.3, 0.4) is 0 Å². The number of methoxy groups -OCH3 is 2. The number of rotatable bonds is 4. The normalized spacial score (nSPS) is 18.5. The number of esters is 1. The van der Waals surface area contributed by atoms with Gasteiger partial charge in [-0.1, -0.05) is 6.07 Å². The van der Waals surface area contributed by atoms with Crippen molar-refractivity contribution < 1.29 is 19.0 Å².